The maximum atomic E-state index is 5.92. The molecule has 1 aliphatic heterocycles. The molecule has 18 heavy (non-hydrogen) atoms. The summed E-state index contributed by atoms with van der Waals surface area (Å²) in [4.78, 5) is 0. The van der Waals surface area contributed by atoms with E-state index in [0.29, 0.717) is 5.92 Å². The van der Waals surface area contributed by atoms with Crippen LogP contribution in [0.1, 0.15) is 31.9 Å². The number of likely N-dealkylation sites (N-methyl/N-ethyl adjacent to an activating group) is 1. The fourth-order valence-electron chi connectivity index (χ4n) is 2.69. The number of hydrogen-bond acceptors (Lipinski definition) is 3. The first-order chi connectivity index (χ1) is 8.77. The fourth-order valence-corrected chi connectivity index (χ4v) is 2.69. The highest BCUT2D eigenvalue weighted by Gasteiger charge is 2.33. The van der Waals surface area contributed by atoms with Gasteiger partial charge in [0.15, 0.2) is 0 Å². The molecule has 1 saturated heterocycles. The molecular weight excluding hydrogens is 226 g/mol. The molecule has 3 nitrogen and oxygen atoms in total. The second kappa shape index (κ2) is 6.21. The zero-order valence-corrected chi connectivity index (χ0v) is 11.5. The van der Waals surface area contributed by atoms with E-state index in [9.17, 15) is 0 Å². The number of ether oxygens (including phenoxy) is 2. The van der Waals surface area contributed by atoms with Crippen molar-refractivity contribution < 1.29 is 9.47 Å². The highest BCUT2D eigenvalue weighted by molar-refractivity contribution is 5.36. The molecule has 3 atom stereocenters. The minimum atomic E-state index is 0.212. The van der Waals surface area contributed by atoms with E-state index in [0.717, 1.165) is 25.3 Å². The Hall–Kier alpha value is -1.06. The zero-order valence-electron chi connectivity index (χ0n) is 11.5. The molecule has 0 bridgehead atoms. The normalized spacial score (nSPS) is 25.1. The quantitative estimate of drug-likeness (QED) is 0.870. The van der Waals surface area contributed by atoms with E-state index in [1.54, 1.807) is 7.11 Å². The van der Waals surface area contributed by atoms with Gasteiger partial charge >= 0.3 is 0 Å². The van der Waals surface area contributed by atoms with Crippen LogP contribution in [0.4, 0.5) is 0 Å². The Labute approximate surface area is 109 Å². The topological polar surface area (TPSA) is 30.5 Å². The molecule has 0 saturated carbocycles. The summed E-state index contributed by atoms with van der Waals surface area (Å²) < 4.78 is 11.4. The molecule has 3 heteroatoms. The summed E-state index contributed by atoms with van der Waals surface area (Å²) in [6.45, 7) is 6.18. The van der Waals surface area contributed by atoms with Crippen LogP contribution in [-0.2, 0) is 4.74 Å². The Bertz CT molecular complexity index is 381. The van der Waals surface area contributed by atoms with E-state index in [1.807, 2.05) is 12.1 Å². The average molecular weight is 249 g/mol. The maximum Gasteiger partial charge on any atom is 0.123 e. The molecule has 1 aromatic carbocycles. The van der Waals surface area contributed by atoms with Crippen molar-refractivity contribution in [2.24, 2.45) is 5.92 Å². The summed E-state index contributed by atoms with van der Waals surface area (Å²) in [7, 11) is 1.72. The van der Waals surface area contributed by atoms with Gasteiger partial charge in [0.2, 0.25) is 0 Å². The van der Waals surface area contributed by atoms with E-state index >= 15 is 0 Å². The minimum Gasteiger partial charge on any atom is -0.496 e. The van der Waals surface area contributed by atoms with Crippen molar-refractivity contribution in [2.45, 2.75) is 32.4 Å². The molecule has 1 aromatic rings. The minimum absolute atomic E-state index is 0.212. The molecule has 0 amide bonds. The lowest BCUT2D eigenvalue weighted by Crippen LogP contribution is -2.34. The summed E-state index contributed by atoms with van der Waals surface area (Å²) >= 11 is 0. The Morgan fingerprint density at radius 3 is 2.83 bits per heavy atom. The SMILES string of the molecule is CCNC(c1ccccc1OC)C1OCCC1C. The molecule has 3 unspecified atom stereocenters. The van der Waals surface area contributed by atoms with Gasteiger partial charge in [-0.2, -0.15) is 0 Å². The molecule has 0 spiro atoms. The van der Waals surface area contributed by atoms with Gasteiger partial charge in [-0.25, -0.2) is 0 Å². The van der Waals surface area contributed by atoms with Crippen molar-refractivity contribution in [3.63, 3.8) is 0 Å². The molecule has 0 aliphatic carbocycles. The van der Waals surface area contributed by atoms with E-state index in [-0.39, 0.29) is 12.1 Å². The lowest BCUT2D eigenvalue weighted by molar-refractivity contribution is 0.0604. The van der Waals surface area contributed by atoms with Crippen molar-refractivity contribution in [3.05, 3.63) is 29.8 Å². The number of methoxy groups -OCH3 is 1. The van der Waals surface area contributed by atoms with Crippen LogP contribution in [0.15, 0.2) is 24.3 Å². The number of benzene rings is 1. The Balaban J connectivity index is 2.28. The number of hydrogen-bond donors (Lipinski definition) is 1. The maximum absolute atomic E-state index is 5.92. The number of para-hydroxylation sites is 1. The lowest BCUT2D eigenvalue weighted by Gasteiger charge is -2.28. The van der Waals surface area contributed by atoms with E-state index in [4.69, 9.17) is 9.47 Å². The second-order valence-electron chi connectivity index (χ2n) is 4.88. The molecule has 1 heterocycles. The van der Waals surface area contributed by atoms with Crippen LogP contribution in [0, 0.1) is 5.92 Å². The van der Waals surface area contributed by atoms with Gasteiger partial charge in [-0.3, -0.25) is 0 Å². The smallest absolute Gasteiger partial charge is 0.123 e. The third kappa shape index (κ3) is 2.68. The average Bonchev–Trinajstić information content (AvgIpc) is 2.82. The van der Waals surface area contributed by atoms with Gasteiger partial charge in [0.05, 0.1) is 19.3 Å². The summed E-state index contributed by atoms with van der Waals surface area (Å²) in [5.41, 5.74) is 1.20. The standard InChI is InChI=1S/C15H23NO2/c1-4-16-14(15-11(2)9-10-18-15)12-7-5-6-8-13(12)17-3/h5-8,11,14-16H,4,9-10H2,1-3H3. The second-order valence-corrected chi connectivity index (χ2v) is 4.88. The third-order valence-corrected chi connectivity index (χ3v) is 3.67. The van der Waals surface area contributed by atoms with Crippen molar-refractivity contribution in [3.8, 4) is 5.75 Å². The highest BCUT2D eigenvalue weighted by atomic mass is 16.5. The zero-order chi connectivity index (χ0) is 13.0. The third-order valence-electron chi connectivity index (χ3n) is 3.67. The molecule has 1 fully saturated rings. The molecule has 0 aromatic heterocycles. The predicted molar refractivity (Wildman–Crippen MR) is 72.9 cm³/mol. The largest absolute Gasteiger partial charge is 0.496 e. The van der Waals surface area contributed by atoms with Gasteiger partial charge in [0, 0.05) is 12.2 Å². The van der Waals surface area contributed by atoms with Crippen LogP contribution in [0.2, 0.25) is 0 Å². The van der Waals surface area contributed by atoms with Gasteiger partial charge in [-0.1, -0.05) is 32.0 Å². The van der Waals surface area contributed by atoms with Crippen LogP contribution in [0.25, 0.3) is 0 Å². The fraction of sp³-hybridized carbons (Fsp3) is 0.600. The first-order valence-corrected chi connectivity index (χ1v) is 6.75. The molecule has 1 aliphatic rings. The van der Waals surface area contributed by atoms with E-state index in [2.05, 4.69) is 31.3 Å². The Kier molecular flexibility index (Phi) is 4.61. The van der Waals surface area contributed by atoms with Gasteiger partial charge in [-0.15, -0.1) is 0 Å². The van der Waals surface area contributed by atoms with Crippen LogP contribution < -0.4 is 10.1 Å². The molecule has 0 radical (unpaired) electrons. The summed E-state index contributed by atoms with van der Waals surface area (Å²) in [5.74, 6) is 1.52. The van der Waals surface area contributed by atoms with Gasteiger partial charge in [0.25, 0.3) is 0 Å². The van der Waals surface area contributed by atoms with Crippen LogP contribution in [0.3, 0.4) is 0 Å². The number of rotatable bonds is 5. The van der Waals surface area contributed by atoms with Gasteiger partial charge in [-0.05, 0) is 24.9 Å². The van der Waals surface area contributed by atoms with Crippen LogP contribution in [-0.4, -0.2) is 26.4 Å². The first-order valence-electron chi connectivity index (χ1n) is 6.75. The van der Waals surface area contributed by atoms with Crippen molar-refractivity contribution in [1.29, 1.82) is 0 Å². The number of nitrogens with one attached hydrogen (secondary N) is 1. The molecular formula is C15H23NO2. The molecule has 1 N–H and O–H groups in total. The Morgan fingerprint density at radius 2 is 2.22 bits per heavy atom. The van der Waals surface area contributed by atoms with Crippen LogP contribution >= 0.6 is 0 Å². The van der Waals surface area contributed by atoms with Gasteiger partial charge < -0.3 is 14.8 Å². The van der Waals surface area contributed by atoms with Crippen molar-refractivity contribution in [1.82, 2.24) is 5.32 Å². The molecule has 100 valence electrons. The van der Waals surface area contributed by atoms with Gasteiger partial charge in [0.1, 0.15) is 5.75 Å². The van der Waals surface area contributed by atoms with E-state index < -0.39 is 0 Å². The molecule has 2 rings (SSSR count). The van der Waals surface area contributed by atoms with Crippen molar-refractivity contribution >= 4 is 0 Å². The highest BCUT2D eigenvalue weighted by Crippen LogP contribution is 2.35. The van der Waals surface area contributed by atoms with Crippen LogP contribution in [0.5, 0.6) is 5.75 Å². The Morgan fingerprint density at radius 1 is 1.44 bits per heavy atom. The summed E-state index contributed by atoms with van der Waals surface area (Å²) in [6, 6.07) is 8.41. The lowest BCUT2D eigenvalue weighted by atomic mass is 9.92. The van der Waals surface area contributed by atoms with Crippen molar-refractivity contribution in [2.75, 3.05) is 20.3 Å². The first kappa shape index (κ1) is 13.4. The summed E-state index contributed by atoms with van der Waals surface area (Å²) in [5, 5.41) is 3.54. The predicted octanol–water partition coefficient (Wildman–Crippen LogP) is 2.77. The summed E-state index contributed by atoms with van der Waals surface area (Å²) in [6.07, 6.45) is 1.38. The van der Waals surface area contributed by atoms with E-state index in [1.165, 1.54) is 5.56 Å². The monoisotopic (exact) mass is 249 g/mol.